The number of hydrogen-bond donors (Lipinski definition) is 1. The first-order chi connectivity index (χ1) is 12.5. The maximum Gasteiger partial charge on any atom is 0.307 e. The molecule has 6 heteroatoms. The van der Waals surface area contributed by atoms with E-state index in [2.05, 4.69) is 10.2 Å². The van der Waals surface area contributed by atoms with Crippen molar-refractivity contribution < 1.29 is 14.3 Å². The first kappa shape index (κ1) is 18.2. The number of ether oxygens (including phenoxy) is 1. The smallest absolute Gasteiger partial charge is 0.307 e. The fourth-order valence-corrected chi connectivity index (χ4v) is 3.14. The monoisotopic (exact) mass is 355 g/mol. The Bertz CT molecular complexity index is 798. The molecule has 0 spiro atoms. The molecule has 1 aromatic heterocycles. The van der Waals surface area contributed by atoms with E-state index in [9.17, 15) is 9.59 Å². The third-order valence-electron chi connectivity index (χ3n) is 4.34. The first-order valence-corrected chi connectivity index (χ1v) is 9.17. The Kier molecular flexibility index (Phi) is 5.71. The molecule has 1 saturated heterocycles. The third-order valence-corrected chi connectivity index (χ3v) is 4.34. The van der Waals surface area contributed by atoms with Crippen LogP contribution in [0.3, 0.4) is 0 Å². The number of nitrogens with one attached hydrogen (secondary N) is 1. The van der Waals surface area contributed by atoms with Gasteiger partial charge in [-0.15, -0.1) is 0 Å². The maximum absolute atomic E-state index is 12.7. The van der Waals surface area contributed by atoms with E-state index in [0.29, 0.717) is 5.56 Å². The number of aromatic nitrogens is 1. The normalized spacial score (nSPS) is 14.0. The van der Waals surface area contributed by atoms with Gasteiger partial charge < -0.3 is 15.0 Å². The molecule has 2 heterocycles. The second-order valence-corrected chi connectivity index (χ2v) is 6.79. The minimum absolute atomic E-state index is 0.148. The number of fused-ring (bicyclic) bond motifs is 1. The van der Waals surface area contributed by atoms with E-state index >= 15 is 0 Å². The molecule has 3 rings (SSSR count). The van der Waals surface area contributed by atoms with Gasteiger partial charge in [-0.1, -0.05) is 18.2 Å². The average molecular weight is 355 g/mol. The molecule has 1 aromatic carbocycles. The Hall–Kier alpha value is -2.63. The number of para-hydroxylation sites is 1. The molecule has 0 unspecified atom stereocenters. The third kappa shape index (κ3) is 4.31. The molecule has 0 saturated carbocycles. The molecule has 1 aliphatic heterocycles. The number of nitrogens with zero attached hydrogens (tertiary/aromatic N) is 2. The highest BCUT2D eigenvalue weighted by Gasteiger charge is 2.22. The van der Waals surface area contributed by atoms with Gasteiger partial charge in [-0.3, -0.25) is 9.59 Å². The largest absolute Gasteiger partial charge is 0.463 e. The van der Waals surface area contributed by atoms with Gasteiger partial charge in [0.25, 0.3) is 5.91 Å². The summed E-state index contributed by atoms with van der Waals surface area (Å²) in [6.07, 6.45) is 2.22. The van der Waals surface area contributed by atoms with Crippen LogP contribution in [-0.2, 0) is 9.53 Å². The fourth-order valence-electron chi connectivity index (χ4n) is 3.14. The van der Waals surface area contributed by atoms with Crippen molar-refractivity contribution in [2.24, 2.45) is 0 Å². The van der Waals surface area contributed by atoms with E-state index in [4.69, 9.17) is 9.72 Å². The Labute approximate surface area is 153 Å². The molecule has 0 radical (unpaired) electrons. The highest BCUT2D eigenvalue weighted by molar-refractivity contribution is 6.02. The zero-order chi connectivity index (χ0) is 18.5. The molecule has 2 aromatic rings. The van der Waals surface area contributed by atoms with Crippen LogP contribution in [0.4, 0.5) is 5.82 Å². The van der Waals surface area contributed by atoms with E-state index in [0.717, 1.165) is 42.7 Å². The van der Waals surface area contributed by atoms with Gasteiger partial charge in [0.15, 0.2) is 0 Å². The summed E-state index contributed by atoms with van der Waals surface area (Å²) in [7, 11) is 0. The van der Waals surface area contributed by atoms with Gasteiger partial charge in [0.2, 0.25) is 0 Å². The lowest BCUT2D eigenvalue weighted by molar-refractivity contribution is -0.147. The minimum Gasteiger partial charge on any atom is -0.463 e. The molecular formula is C20H25N3O3. The second-order valence-electron chi connectivity index (χ2n) is 6.79. The van der Waals surface area contributed by atoms with Crippen LogP contribution in [0.15, 0.2) is 30.3 Å². The Balaban J connectivity index is 1.77. The second kappa shape index (κ2) is 8.17. The van der Waals surface area contributed by atoms with Crippen LogP contribution in [0.25, 0.3) is 10.9 Å². The van der Waals surface area contributed by atoms with Crippen molar-refractivity contribution in [1.82, 2.24) is 10.3 Å². The van der Waals surface area contributed by atoms with Gasteiger partial charge in [0.05, 0.1) is 23.6 Å². The SMILES string of the molecule is CC(C)OC(=O)CCNC(=O)c1cc2ccccc2nc1N1CCCC1. The number of anilines is 1. The molecule has 0 aliphatic carbocycles. The molecule has 1 aliphatic rings. The molecule has 26 heavy (non-hydrogen) atoms. The Morgan fingerprint density at radius 1 is 1.23 bits per heavy atom. The summed E-state index contributed by atoms with van der Waals surface area (Å²) < 4.78 is 5.09. The molecular weight excluding hydrogens is 330 g/mol. The number of carbonyl (C=O) groups excluding carboxylic acids is 2. The van der Waals surface area contributed by atoms with Crippen molar-refractivity contribution in [3.05, 3.63) is 35.9 Å². The zero-order valence-electron chi connectivity index (χ0n) is 15.3. The number of benzene rings is 1. The highest BCUT2D eigenvalue weighted by atomic mass is 16.5. The van der Waals surface area contributed by atoms with Crippen molar-refractivity contribution >= 4 is 28.6 Å². The maximum atomic E-state index is 12.7. The van der Waals surface area contributed by atoms with Gasteiger partial charge >= 0.3 is 5.97 Å². The molecule has 138 valence electrons. The van der Waals surface area contributed by atoms with Gasteiger partial charge in [-0.2, -0.15) is 0 Å². The van der Waals surface area contributed by atoms with Crippen LogP contribution in [0.1, 0.15) is 43.5 Å². The Morgan fingerprint density at radius 3 is 2.69 bits per heavy atom. The topological polar surface area (TPSA) is 71.5 Å². The van der Waals surface area contributed by atoms with E-state index < -0.39 is 0 Å². The van der Waals surface area contributed by atoms with Crippen molar-refractivity contribution in [2.75, 3.05) is 24.5 Å². The van der Waals surface area contributed by atoms with Crippen LogP contribution in [0.2, 0.25) is 0 Å². The number of esters is 1. The van der Waals surface area contributed by atoms with Gasteiger partial charge in [-0.25, -0.2) is 4.98 Å². The standard InChI is InChI=1S/C20H25N3O3/c1-14(2)26-18(24)9-10-21-20(25)16-13-15-7-3-4-8-17(15)22-19(16)23-11-5-6-12-23/h3-4,7-8,13-14H,5-6,9-12H2,1-2H3,(H,21,25). The molecule has 1 amide bonds. The van der Waals surface area contributed by atoms with E-state index in [1.54, 1.807) is 13.8 Å². The summed E-state index contributed by atoms with van der Waals surface area (Å²) in [5.74, 6) is 0.211. The van der Waals surface area contributed by atoms with Crippen molar-refractivity contribution in [3.8, 4) is 0 Å². The predicted octanol–water partition coefficient (Wildman–Crippen LogP) is 2.91. The van der Waals surface area contributed by atoms with Crippen molar-refractivity contribution in [3.63, 3.8) is 0 Å². The van der Waals surface area contributed by atoms with Crippen molar-refractivity contribution in [2.45, 2.75) is 39.2 Å². The lowest BCUT2D eigenvalue weighted by atomic mass is 10.1. The highest BCUT2D eigenvalue weighted by Crippen LogP contribution is 2.26. The van der Waals surface area contributed by atoms with E-state index in [1.807, 2.05) is 30.3 Å². The zero-order valence-corrected chi connectivity index (χ0v) is 15.3. The quantitative estimate of drug-likeness (QED) is 0.807. The van der Waals surface area contributed by atoms with Crippen LogP contribution in [-0.4, -0.2) is 42.6 Å². The average Bonchev–Trinajstić information content (AvgIpc) is 3.14. The van der Waals surface area contributed by atoms with Crippen LogP contribution >= 0.6 is 0 Å². The van der Waals surface area contributed by atoms with Crippen molar-refractivity contribution in [1.29, 1.82) is 0 Å². The summed E-state index contributed by atoms with van der Waals surface area (Å²) >= 11 is 0. The summed E-state index contributed by atoms with van der Waals surface area (Å²) in [5, 5.41) is 3.76. The first-order valence-electron chi connectivity index (χ1n) is 9.17. The van der Waals surface area contributed by atoms with Gasteiger partial charge in [0.1, 0.15) is 5.82 Å². The summed E-state index contributed by atoms with van der Waals surface area (Å²) in [4.78, 5) is 31.3. The number of rotatable bonds is 6. The predicted molar refractivity (Wildman–Crippen MR) is 101 cm³/mol. The fraction of sp³-hybridized carbons (Fsp3) is 0.450. The molecule has 0 atom stereocenters. The minimum atomic E-state index is -0.309. The van der Waals surface area contributed by atoms with Gasteiger partial charge in [0, 0.05) is 25.0 Å². The number of amides is 1. The molecule has 1 N–H and O–H groups in total. The molecule has 1 fully saturated rings. The number of pyridine rings is 1. The van der Waals surface area contributed by atoms with E-state index in [-0.39, 0.29) is 30.9 Å². The lowest BCUT2D eigenvalue weighted by Gasteiger charge is -2.20. The Morgan fingerprint density at radius 2 is 1.96 bits per heavy atom. The number of carbonyl (C=O) groups is 2. The van der Waals surface area contributed by atoms with Crippen LogP contribution in [0.5, 0.6) is 0 Å². The van der Waals surface area contributed by atoms with E-state index in [1.165, 1.54) is 0 Å². The summed E-state index contributed by atoms with van der Waals surface area (Å²) in [5.41, 5.74) is 1.44. The van der Waals surface area contributed by atoms with Crippen LogP contribution < -0.4 is 10.2 Å². The summed E-state index contributed by atoms with van der Waals surface area (Å²) in [6.45, 7) is 5.68. The molecule has 0 bridgehead atoms. The molecule has 6 nitrogen and oxygen atoms in total. The van der Waals surface area contributed by atoms with Crippen LogP contribution in [0, 0.1) is 0 Å². The van der Waals surface area contributed by atoms with Gasteiger partial charge in [-0.05, 0) is 38.8 Å². The number of hydrogen-bond acceptors (Lipinski definition) is 5. The lowest BCUT2D eigenvalue weighted by Crippen LogP contribution is -2.30. The summed E-state index contributed by atoms with van der Waals surface area (Å²) in [6, 6.07) is 9.68.